The number of aromatic nitrogens is 4. The largest absolute Gasteiger partial charge is 0.269 e. The number of hydrogen-bond donors (Lipinski definition) is 1. The molecular formula is C19H14BrN7O2. The summed E-state index contributed by atoms with van der Waals surface area (Å²) in [4.78, 5) is 10.3. The highest BCUT2D eigenvalue weighted by atomic mass is 79.9. The molecule has 0 aliphatic heterocycles. The molecule has 144 valence electrons. The number of benzene rings is 2. The molecule has 0 bridgehead atoms. The van der Waals surface area contributed by atoms with Gasteiger partial charge < -0.3 is 0 Å². The summed E-state index contributed by atoms with van der Waals surface area (Å²) in [6.07, 6.45) is 0. The van der Waals surface area contributed by atoms with E-state index in [4.69, 9.17) is 0 Å². The van der Waals surface area contributed by atoms with E-state index in [-0.39, 0.29) is 5.69 Å². The topological polar surface area (TPSA) is 111 Å². The number of non-ortho nitro benzene ring substituents is 1. The lowest BCUT2D eigenvalue weighted by molar-refractivity contribution is -0.384. The van der Waals surface area contributed by atoms with E-state index in [0.29, 0.717) is 23.0 Å². The Morgan fingerprint density at radius 1 is 1.07 bits per heavy atom. The molecule has 4 aromatic rings. The van der Waals surface area contributed by atoms with E-state index in [9.17, 15) is 10.1 Å². The van der Waals surface area contributed by atoms with Crippen molar-refractivity contribution in [3.8, 4) is 11.4 Å². The molecule has 0 radical (unpaired) electrons. The van der Waals surface area contributed by atoms with E-state index >= 15 is 0 Å². The monoisotopic (exact) mass is 451 g/mol. The average molecular weight is 452 g/mol. The third-order valence-electron chi connectivity index (χ3n) is 4.20. The van der Waals surface area contributed by atoms with Gasteiger partial charge in [0.1, 0.15) is 0 Å². The average Bonchev–Trinajstić information content (AvgIpc) is 3.16. The molecule has 0 amide bonds. The molecule has 1 N–H and O–H groups in total. The van der Waals surface area contributed by atoms with Gasteiger partial charge in [-0.25, -0.2) is 0 Å². The third kappa shape index (κ3) is 3.97. The van der Waals surface area contributed by atoms with Crippen LogP contribution in [0, 0.1) is 10.1 Å². The number of hydrogen-bond acceptors (Lipinski definition) is 7. The van der Waals surface area contributed by atoms with E-state index in [1.807, 2.05) is 24.3 Å². The van der Waals surface area contributed by atoms with Crippen LogP contribution in [0.1, 0.15) is 12.5 Å². The number of fused-ring (bicyclic) bond motifs is 1. The summed E-state index contributed by atoms with van der Waals surface area (Å²) in [5.41, 5.74) is 5.88. The van der Waals surface area contributed by atoms with Crippen LogP contribution < -0.4 is 5.43 Å². The van der Waals surface area contributed by atoms with Gasteiger partial charge in [-0.05, 0) is 48.9 Å². The first-order valence-corrected chi connectivity index (χ1v) is 9.34. The van der Waals surface area contributed by atoms with Gasteiger partial charge >= 0.3 is 0 Å². The molecule has 0 atom stereocenters. The lowest BCUT2D eigenvalue weighted by Gasteiger charge is -2.05. The third-order valence-corrected chi connectivity index (χ3v) is 4.73. The Morgan fingerprint density at radius 2 is 1.79 bits per heavy atom. The molecule has 2 heterocycles. The molecule has 0 unspecified atom stereocenters. The molecule has 10 heteroatoms. The molecule has 29 heavy (non-hydrogen) atoms. The highest BCUT2D eigenvalue weighted by Crippen LogP contribution is 2.21. The highest BCUT2D eigenvalue weighted by molar-refractivity contribution is 9.10. The van der Waals surface area contributed by atoms with Crippen molar-refractivity contribution in [2.45, 2.75) is 6.92 Å². The first-order chi connectivity index (χ1) is 14.0. The number of halogens is 1. The van der Waals surface area contributed by atoms with E-state index in [0.717, 1.165) is 15.6 Å². The lowest BCUT2D eigenvalue weighted by atomic mass is 10.1. The van der Waals surface area contributed by atoms with Crippen LogP contribution in [-0.2, 0) is 0 Å². The van der Waals surface area contributed by atoms with Gasteiger partial charge in [0.25, 0.3) is 5.69 Å². The molecule has 4 rings (SSSR count). The van der Waals surface area contributed by atoms with E-state index in [2.05, 4.69) is 41.8 Å². The summed E-state index contributed by atoms with van der Waals surface area (Å²) in [6, 6.07) is 17.5. The van der Waals surface area contributed by atoms with E-state index in [1.54, 1.807) is 35.7 Å². The number of nitrogens with one attached hydrogen (secondary N) is 1. The Morgan fingerprint density at radius 3 is 2.48 bits per heavy atom. The smallest absolute Gasteiger partial charge is 0.260 e. The Labute approximate surface area is 173 Å². The summed E-state index contributed by atoms with van der Waals surface area (Å²) < 4.78 is 2.61. The first-order valence-electron chi connectivity index (χ1n) is 8.55. The normalized spacial score (nSPS) is 11.6. The molecule has 0 saturated carbocycles. The summed E-state index contributed by atoms with van der Waals surface area (Å²) >= 11 is 3.42. The molecule has 0 fully saturated rings. The number of hydrazone groups is 1. The molecule has 0 saturated heterocycles. The molecule has 2 aromatic carbocycles. The zero-order chi connectivity index (χ0) is 20.4. The van der Waals surface area contributed by atoms with Gasteiger partial charge in [0, 0.05) is 22.2 Å². The van der Waals surface area contributed by atoms with Crippen LogP contribution >= 0.6 is 15.9 Å². The number of nitro benzene ring substituents is 1. The van der Waals surface area contributed by atoms with Crippen LogP contribution in [-0.4, -0.2) is 30.4 Å². The molecular weight excluding hydrogens is 438 g/mol. The maximum atomic E-state index is 10.8. The number of anilines is 1. The first kappa shape index (κ1) is 18.7. The van der Waals surface area contributed by atoms with Crippen LogP contribution in [0.15, 0.2) is 70.2 Å². The van der Waals surface area contributed by atoms with Gasteiger partial charge in [0.05, 0.1) is 10.6 Å². The number of rotatable bonds is 5. The lowest BCUT2D eigenvalue weighted by Crippen LogP contribution is -2.03. The quantitative estimate of drug-likeness (QED) is 0.275. The van der Waals surface area contributed by atoms with Crippen molar-refractivity contribution in [3.05, 3.63) is 80.8 Å². The second kappa shape index (κ2) is 7.76. The van der Waals surface area contributed by atoms with Crippen molar-refractivity contribution in [3.63, 3.8) is 0 Å². The van der Waals surface area contributed by atoms with Crippen LogP contribution in [0.5, 0.6) is 0 Å². The Kier molecular flexibility index (Phi) is 5.00. The van der Waals surface area contributed by atoms with Crippen molar-refractivity contribution in [2.75, 3.05) is 5.43 Å². The number of nitro groups is 1. The Hall–Kier alpha value is -3.66. The molecule has 0 aliphatic rings. The molecule has 2 aromatic heterocycles. The SMILES string of the molecule is CC(=NNc1ccc2nnc(-c3ccc(Br)cc3)n2n1)c1ccc([N+](=O)[O-])cc1. The zero-order valence-electron chi connectivity index (χ0n) is 15.2. The van der Waals surface area contributed by atoms with Gasteiger partial charge in [-0.1, -0.05) is 28.1 Å². The fourth-order valence-electron chi connectivity index (χ4n) is 2.66. The fourth-order valence-corrected chi connectivity index (χ4v) is 2.92. The van der Waals surface area contributed by atoms with Crippen LogP contribution in [0.3, 0.4) is 0 Å². The van der Waals surface area contributed by atoms with Gasteiger partial charge in [-0.2, -0.15) is 9.62 Å². The van der Waals surface area contributed by atoms with E-state index in [1.165, 1.54) is 12.1 Å². The van der Waals surface area contributed by atoms with Crippen LogP contribution in [0.4, 0.5) is 11.5 Å². The summed E-state index contributed by atoms with van der Waals surface area (Å²) in [6.45, 7) is 1.80. The second-order valence-electron chi connectivity index (χ2n) is 6.13. The van der Waals surface area contributed by atoms with Crippen LogP contribution in [0.2, 0.25) is 0 Å². The van der Waals surface area contributed by atoms with Crippen molar-refractivity contribution in [2.24, 2.45) is 5.10 Å². The van der Waals surface area contributed by atoms with Crippen molar-refractivity contribution >= 4 is 38.8 Å². The van der Waals surface area contributed by atoms with Gasteiger partial charge in [-0.3, -0.25) is 15.5 Å². The maximum Gasteiger partial charge on any atom is 0.269 e. The fraction of sp³-hybridized carbons (Fsp3) is 0.0526. The molecule has 0 spiro atoms. The van der Waals surface area contributed by atoms with Crippen LogP contribution in [0.25, 0.3) is 17.0 Å². The minimum absolute atomic E-state index is 0.0368. The highest BCUT2D eigenvalue weighted by Gasteiger charge is 2.10. The second-order valence-corrected chi connectivity index (χ2v) is 7.05. The van der Waals surface area contributed by atoms with Crippen molar-refractivity contribution in [1.29, 1.82) is 0 Å². The standard InChI is InChI=1S/C19H14BrN7O2/c1-12(13-4-8-16(9-5-13)27(28)29)21-22-17-10-11-18-23-24-19(26(18)25-17)14-2-6-15(20)7-3-14/h2-11H,1H3,(H,22,25). The van der Waals surface area contributed by atoms with Crippen molar-refractivity contribution in [1.82, 2.24) is 19.8 Å². The Balaban J connectivity index is 1.59. The summed E-state index contributed by atoms with van der Waals surface area (Å²) in [5.74, 6) is 1.13. The van der Waals surface area contributed by atoms with E-state index < -0.39 is 4.92 Å². The predicted octanol–water partition coefficient (Wildman–Crippen LogP) is 4.30. The summed E-state index contributed by atoms with van der Waals surface area (Å²) in [7, 11) is 0. The van der Waals surface area contributed by atoms with Gasteiger partial charge in [-0.15, -0.1) is 15.3 Å². The summed E-state index contributed by atoms with van der Waals surface area (Å²) in [5, 5.41) is 28.0. The minimum atomic E-state index is -0.435. The predicted molar refractivity (Wildman–Crippen MR) is 113 cm³/mol. The molecule has 9 nitrogen and oxygen atoms in total. The minimum Gasteiger partial charge on any atom is -0.260 e. The van der Waals surface area contributed by atoms with Crippen molar-refractivity contribution < 1.29 is 4.92 Å². The maximum absolute atomic E-state index is 10.8. The zero-order valence-corrected chi connectivity index (χ0v) is 16.7. The Bertz CT molecular complexity index is 1220. The van der Waals surface area contributed by atoms with Gasteiger partial charge in [0.15, 0.2) is 17.3 Å². The van der Waals surface area contributed by atoms with Gasteiger partial charge in [0.2, 0.25) is 0 Å². The number of nitrogens with zero attached hydrogens (tertiary/aromatic N) is 6. The molecule has 0 aliphatic carbocycles.